The van der Waals surface area contributed by atoms with Crippen LogP contribution in [0, 0.1) is 5.92 Å². The van der Waals surface area contributed by atoms with Crippen LogP contribution in [-0.4, -0.2) is 10.2 Å². The minimum absolute atomic E-state index is 0.0989. The van der Waals surface area contributed by atoms with E-state index in [1.165, 1.54) is 36.6 Å². The minimum atomic E-state index is 0.0989. The predicted molar refractivity (Wildman–Crippen MR) is 85.6 cm³/mol. The molecule has 0 amide bonds. The molecule has 21 heavy (non-hydrogen) atoms. The molecule has 1 saturated carbocycles. The van der Waals surface area contributed by atoms with Crippen molar-refractivity contribution in [3.63, 3.8) is 0 Å². The summed E-state index contributed by atoms with van der Waals surface area (Å²) in [7, 11) is 0. The Morgan fingerprint density at radius 2 is 2.00 bits per heavy atom. The van der Waals surface area contributed by atoms with Crippen LogP contribution in [0.15, 0.2) is 35.7 Å². The van der Waals surface area contributed by atoms with Crippen molar-refractivity contribution in [2.24, 2.45) is 5.92 Å². The molecule has 1 unspecified atom stereocenters. The molecule has 1 fully saturated rings. The predicted octanol–water partition coefficient (Wildman–Crippen LogP) is 4.18. The molecule has 0 aliphatic heterocycles. The fourth-order valence-electron chi connectivity index (χ4n) is 3.18. The first kappa shape index (κ1) is 14.4. The molecule has 1 aromatic heterocycles. The first-order valence-corrected chi connectivity index (χ1v) is 8.39. The number of phenolic OH excluding ortho intramolecular Hbond substituents is 2. The number of benzene rings is 1. The highest BCUT2D eigenvalue weighted by atomic mass is 32.1. The molecule has 3 N–H and O–H groups in total. The number of rotatable bonds is 5. The number of aromatic hydroxyl groups is 2. The topological polar surface area (TPSA) is 52.5 Å². The molecule has 1 aromatic carbocycles. The maximum absolute atomic E-state index is 9.90. The summed E-state index contributed by atoms with van der Waals surface area (Å²) in [5.74, 6) is 0.934. The summed E-state index contributed by atoms with van der Waals surface area (Å²) in [4.78, 5) is 1.38. The smallest absolute Gasteiger partial charge is 0.123 e. The van der Waals surface area contributed by atoms with Gasteiger partial charge in [-0.1, -0.05) is 25.0 Å². The number of thiophene rings is 1. The van der Waals surface area contributed by atoms with E-state index in [9.17, 15) is 10.2 Å². The van der Waals surface area contributed by atoms with Gasteiger partial charge in [0, 0.05) is 29.1 Å². The molecular formula is C17H21NO2S. The van der Waals surface area contributed by atoms with Gasteiger partial charge in [0.1, 0.15) is 11.5 Å². The van der Waals surface area contributed by atoms with E-state index in [0.29, 0.717) is 18.5 Å². The van der Waals surface area contributed by atoms with Gasteiger partial charge < -0.3 is 15.5 Å². The Morgan fingerprint density at radius 1 is 1.19 bits per heavy atom. The van der Waals surface area contributed by atoms with Crippen molar-refractivity contribution in [3.05, 3.63) is 46.2 Å². The molecule has 1 aliphatic rings. The summed E-state index contributed by atoms with van der Waals surface area (Å²) in [6, 6.07) is 9.44. The van der Waals surface area contributed by atoms with Crippen LogP contribution in [0.25, 0.3) is 0 Å². The van der Waals surface area contributed by atoms with Crippen molar-refractivity contribution in [2.45, 2.75) is 38.3 Å². The van der Waals surface area contributed by atoms with Gasteiger partial charge in [0.15, 0.2) is 0 Å². The van der Waals surface area contributed by atoms with Crippen LogP contribution in [-0.2, 0) is 6.54 Å². The van der Waals surface area contributed by atoms with Gasteiger partial charge in [-0.2, -0.15) is 0 Å². The molecule has 1 atom stereocenters. The summed E-state index contributed by atoms with van der Waals surface area (Å²) in [5, 5.41) is 25.0. The van der Waals surface area contributed by atoms with Crippen molar-refractivity contribution in [1.29, 1.82) is 0 Å². The van der Waals surface area contributed by atoms with Gasteiger partial charge in [-0.25, -0.2) is 0 Å². The zero-order valence-electron chi connectivity index (χ0n) is 12.0. The number of nitrogens with one attached hydrogen (secondary N) is 1. The van der Waals surface area contributed by atoms with E-state index >= 15 is 0 Å². The van der Waals surface area contributed by atoms with Crippen molar-refractivity contribution in [1.82, 2.24) is 5.32 Å². The van der Waals surface area contributed by atoms with E-state index in [0.717, 1.165) is 5.56 Å². The third kappa shape index (κ3) is 3.39. The molecule has 4 heteroatoms. The lowest BCUT2D eigenvalue weighted by Crippen LogP contribution is -2.26. The molecule has 3 rings (SSSR count). The molecular weight excluding hydrogens is 282 g/mol. The van der Waals surface area contributed by atoms with E-state index in [-0.39, 0.29) is 11.5 Å². The second-order valence-corrected chi connectivity index (χ2v) is 6.71. The second kappa shape index (κ2) is 6.50. The van der Waals surface area contributed by atoms with Gasteiger partial charge in [-0.05, 0) is 36.3 Å². The zero-order valence-corrected chi connectivity index (χ0v) is 12.8. The van der Waals surface area contributed by atoms with E-state index in [4.69, 9.17) is 0 Å². The Bertz CT molecular complexity index is 576. The average molecular weight is 303 g/mol. The molecule has 3 nitrogen and oxygen atoms in total. The molecule has 0 spiro atoms. The quantitative estimate of drug-likeness (QED) is 0.776. The van der Waals surface area contributed by atoms with Gasteiger partial charge in [0.05, 0.1) is 0 Å². The second-order valence-electron chi connectivity index (χ2n) is 5.73. The largest absolute Gasteiger partial charge is 0.508 e. The summed E-state index contributed by atoms with van der Waals surface area (Å²) < 4.78 is 0. The third-order valence-corrected chi connectivity index (χ3v) is 5.26. The molecule has 2 aromatic rings. The minimum Gasteiger partial charge on any atom is -0.508 e. The Morgan fingerprint density at radius 3 is 2.67 bits per heavy atom. The maximum Gasteiger partial charge on any atom is 0.123 e. The van der Waals surface area contributed by atoms with Crippen LogP contribution in [0.3, 0.4) is 0 Å². The van der Waals surface area contributed by atoms with Crippen molar-refractivity contribution in [3.8, 4) is 11.5 Å². The summed E-state index contributed by atoms with van der Waals surface area (Å²) in [5.41, 5.74) is 0.826. The average Bonchev–Trinajstić information content (AvgIpc) is 3.14. The van der Waals surface area contributed by atoms with Crippen LogP contribution in [0.2, 0.25) is 0 Å². The van der Waals surface area contributed by atoms with E-state index in [2.05, 4.69) is 22.8 Å². The van der Waals surface area contributed by atoms with Crippen LogP contribution in [0.5, 0.6) is 11.5 Å². The van der Waals surface area contributed by atoms with Gasteiger partial charge >= 0.3 is 0 Å². The number of phenols is 2. The first-order chi connectivity index (χ1) is 10.2. The lowest BCUT2D eigenvalue weighted by Gasteiger charge is -2.24. The highest BCUT2D eigenvalue weighted by Gasteiger charge is 2.26. The van der Waals surface area contributed by atoms with Gasteiger partial charge in [-0.15, -0.1) is 11.3 Å². The van der Waals surface area contributed by atoms with Crippen LogP contribution < -0.4 is 5.32 Å². The lowest BCUT2D eigenvalue weighted by atomic mass is 9.96. The highest BCUT2D eigenvalue weighted by molar-refractivity contribution is 7.10. The molecule has 0 radical (unpaired) electrons. The maximum atomic E-state index is 9.90. The number of hydrogen-bond donors (Lipinski definition) is 3. The SMILES string of the molecule is Oc1ccc(CNC(c2cccs2)C2CCCC2)c(O)c1. The Balaban J connectivity index is 1.72. The molecule has 0 bridgehead atoms. The van der Waals surface area contributed by atoms with Crippen molar-refractivity contribution < 1.29 is 10.2 Å². The van der Waals surface area contributed by atoms with E-state index < -0.39 is 0 Å². The molecule has 1 heterocycles. The third-order valence-electron chi connectivity index (χ3n) is 4.30. The summed E-state index contributed by atoms with van der Waals surface area (Å²) in [6.07, 6.45) is 5.19. The fraction of sp³-hybridized carbons (Fsp3) is 0.412. The van der Waals surface area contributed by atoms with Gasteiger partial charge in [0.25, 0.3) is 0 Å². The summed E-state index contributed by atoms with van der Waals surface area (Å²) in [6.45, 7) is 0.616. The molecule has 112 valence electrons. The highest BCUT2D eigenvalue weighted by Crippen LogP contribution is 2.37. The van der Waals surface area contributed by atoms with Crippen LogP contribution >= 0.6 is 11.3 Å². The van der Waals surface area contributed by atoms with E-state index in [1.807, 2.05) is 0 Å². The zero-order chi connectivity index (χ0) is 14.7. The van der Waals surface area contributed by atoms with Crippen molar-refractivity contribution >= 4 is 11.3 Å². The Kier molecular flexibility index (Phi) is 4.46. The van der Waals surface area contributed by atoms with Crippen LogP contribution in [0.1, 0.15) is 42.2 Å². The van der Waals surface area contributed by atoms with Gasteiger partial charge in [0.2, 0.25) is 0 Å². The molecule has 0 saturated heterocycles. The Hall–Kier alpha value is -1.52. The Labute approximate surface area is 129 Å². The van der Waals surface area contributed by atoms with Gasteiger partial charge in [-0.3, -0.25) is 0 Å². The number of hydrogen-bond acceptors (Lipinski definition) is 4. The van der Waals surface area contributed by atoms with Crippen molar-refractivity contribution in [2.75, 3.05) is 0 Å². The summed E-state index contributed by atoms with van der Waals surface area (Å²) >= 11 is 1.79. The normalized spacial score (nSPS) is 17.1. The first-order valence-electron chi connectivity index (χ1n) is 7.51. The fourth-order valence-corrected chi connectivity index (χ4v) is 4.07. The lowest BCUT2D eigenvalue weighted by molar-refractivity contribution is 0.366. The molecule has 1 aliphatic carbocycles. The van der Waals surface area contributed by atoms with Crippen LogP contribution in [0.4, 0.5) is 0 Å². The monoisotopic (exact) mass is 303 g/mol. The standard InChI is InChI=1S/C17H21NO2S/c19-14-8-7-13(15(20)10-14)11-18-17(12-4-1-2-5-12)16-6-3-9-21-16/h3,6-10,12,17-20H,1-2,4-5,11H2. The van der Waals surface area contributed by atoms with E-state index in [1.54, 1.807) is 23.5 Å².